The van der Waals surface area contributed by atoms with Crippen LogP contribution >= 0.6 is 0 Å². The molecule has 7 heteroatoms. The third kappa shape index (κ3) is 4.01. The molecule has 0 radical (unpaired) electrons. The molecule has 5 rings (SSSR count). The molecule has 33 heavy (non-hydrogen) atoms. The van der Waals surface area contributed by atoms with Gasteiger partial charge in [-0.3, -0.25) is 9.56 Å². The van der Waals surface area contributed by atoms with E-state index in [4.69, 9.17) is 4.99 Å². The van der Waals surface area contributed by atoms with Gasteiger partial charge in [0.1, 0.15) is 5.82 Å². The van der Waals surface area contributed by atoms with Crippen LogP contribution in [-0.4, -0.2) is 26.5 Å². The molecule has 3 aromatic carbocycles. The van der Waals surface area contributed by atoms with Crippen LogP contribution in [0.2, 0.25) is 0 Å². The minimum atomic E-state index is -0.703. The molecule has 1 aliphatic heterocycles. The number of carbonyl (C=O) groups excluding carboxylic acids is 1. The normalized spacial score (nSPS) is 14.5. The average molecular weight is 437 g/mol. The van der Waals surface area contributed by atoms with Crippen LogP contribution in [0, 0.1) is 13.8 Å². The molecule has 0 spiro atoms. The highest BCUT2D eigenvalue weighted by Crippen LogP contribution is 2.29. The quantitative estimate of drug-likeness (QED) is 0.502. The smallest absolute Gasteiger partial charge is 0.317 e. The lowest BCUT2D eigenvalue weighted by molar-refractivity contribution is 0.236. The molecule has 7 nitrogen and oxygen atoms in total. The Balaban J connectivity index is 1.52. The predicted octanol–water partition coefficient (Wildman–Crippen LogP) is 4.23. The maximum absolute atomic E-state index is 12.9. The number of carbonyl (C=O) groups is 1. The second-order valence-electron chi connectivity index (χ2n) is 7.96. The third-order valence-electron chi connectivity index (χ3n) is 5.77. The number of nitrogens with zero attached hydrogens (tertiary/aromatic N) is 4. The van der Waals surface area contributed by atoms with Crippen LogP contribution < -0.4 is 10.6 Å². The van der Waals surface area contributed by atoms with E-state index in [1.54, 1.807) is 0 Å². The first-order valence-corrected chi connectivity index (χ1v) is 10.9. The highest BCUT2D eigenvalue weighted by atomic mass is 16.2. The summed E-state index contributed by atoms with van der Waals surface area (Å²) in [6, 6.07) is 25.6. The van der Waals surface area contributed by atoms with Gasteiger partial charge in [-0.15, -0.1) is 10.2 Å². The Morgan fingerprint density at radius 3 is 2.45 bits per heavy atom. The van der Waals surface area contributed by atoms with E-state index in [1.165, 1.54) is 0 Å². The summed E-state index contributed by atoms with van der Waals surface area (Å²) in [6.45, 7) is 4.35. The summed E-state index contributed by atoms with van der Waals surface area (Å²) in [4.78, 5) is 17.9. The van der Waals surface area contributed by atoms with Gasteiger partial charge in [0.05, 0.1) is 11.4 Å². The molecule has 1 aliphatic rings. The molecular weight excluding hydrogens is 412 g/mol. The third-order valence-corrected chi connectivity index (χ3v) is 5.77. The minimum absolute atomic E-state index is 0.322. The van der Waals surface area contributed by atoms with Gasteiger partial charge < -0.3 is 10.6 Å². The lowest BCUT2D eigenvalue weighted by atomic mass is 10.0. The van der Waals surface area contributed by atoms with E-state index in [2.05, 4.69) is 20.8 Å². The number of urea groups is 1. The molecule has 0 saturated carbocycles. The number of aromatic nitrogens is 3. The van der Waals surface area contributed by atoms with E-state index in [-0.39, 0.29) is 6.03 Å². The van der Waals surface area contributed by atoms with Gasteiger partial charge in [-0.1, -0.05) is 72.8 Å². The number of aliphatic imine (C=N–C) groups is 1. The molecule has 2 N–H and O–H groups in total. The fraction of sp³-hybridized carbons (Fsp3) is 0.154. The Kier molecular flexibility index (Phi) is 5.44. The first-order valence-electron chi connectivity index (χ1n) is 10.9. The molecule has 0 fully saturated rings. The van der Waals surface area contributed by atoms with Crippen LogP contribution in [0.5, 0.6) is 0 Å². The number of hydrogen-bond acceptors (Lipinski definition) is 4. The van der Waals surface area contributed by atoms with Gasteiger partial charge in [0, 0.05) is 17.7 Å². The molecule has 2 amide bonds. The van der Waals surface area contributed by atoms with E-state index < -0.39 is 6.17 Å². The number of aryl methyl sites for hydroxylation is 2. The average Bonchev–Trinajstić information content (AvgIpc) is 3.16. The van der Waals surface area contributed by atoms with Gasteiger partial charge in [-0.25, -0.2) is 4.79 Å². The van der Waals surface area contributed by atoms with E-state index in [9.17, 15) is 4.79 Å². The van der Waals surface area contributed by atoms with E-state index in [1.807, 2.05) is 97.3 Å². The summed E-state index contributed by atoms with van der Waals surface area (Å²) < 4.78 is 1.96. The van der Waals surface area contributed by atoms with E-state index in [0.29, 0.717) is 12.4 Å². The molecule has 164 valence electrons. The van der Waals surface area contributed by atoms with Crippen molar-refractivity contribution >= 4 is 11.7 Å². The number of rotatable bonds is 4. The molecular formula is C26H24N6O. The number of benzene rings is 3. The lowest BCUT2D eigenvalue weighted by Gasteiger charge is -2.15. The molecule has 1 atom stereocenters. The largest absolute Gasteiger partial charge is 0.334 e. The first kappa shape index (κ1) is 20.6. The Bertz CT molecular complexity index is 1340. The maximum Gasteiger partial charge on any atom is 0.317 e. The summed E-state index contributed by atoms with van der Waals surface area (Å²) in [6.07, 6.45) is -0.703. The van der Waals surface area contributed by atoms with Gasteiger partial charge in [0.15, 0.2) is 12.0 Å². The van der Waals surface area contributed by atoms with Gasteiger partial charge in [-0.2, -0.15) is 0 Å². The number of fused-ring (bicyclic) bond motifs is 3. The second-order valence-corrected chi connectivity index (χ2v) is 7.96. The Morgan fingerprint density at radius 1 is 0.909 bits per heavy atom. The fourth-order valence-corrected chi connectivity index (χ4v) is 4.06. The first-order chi connectivity index (χ1) is 16.1. The summed E-state index contributed by atoms with van der Waals surface area (Å²) in [5.41, 5.74) is 5.84. The number of hydrogen-bond donors (Lipinski definition) is 2. The van der Waals surface area contributed by atoms with Crippen LogP contribution in [0.15, 0.2) is 83.9 Å². The van der Waals surface area contributed by atoms with Crippen LogP contribution in [0.3, 0.4) is 0 Å². The van der Waals surface area contributed by atoms with Crippen molar-refractivity contribution in [1.29, 1.82) is 0 Å². The summed E-state index contributed by atoms with van der Waals surface area (Å²) in [7, 11) is 0. The van der Waals surface area contributed by atoms with Crippen LogP contribution in [0.25, 0.3) is 5.69 Å². The van der Waals surface area contributed by atoms with Crippen molar-refractivity contribution in [3.05, 3.63) is 113 Å². The number of amides is 2. The zero-order valence-electron chi connectivity index (χ0n) is 18.5. The van der Waals surface area contributed by atoms with Crippen molar-refractivity contribution in [1.82, 2.24) is 25.4 Å². The van der Waals surface area contributed by atoms with Crippen LogP contribution in [0.1, 0.15) is 40.1 Å². The highest BCUT2D eigenvalue weighted by Gasteiger charge is 2.28. The number of nitrogens with one attached hydrogen (secondary N) is 2. The zero-order valence-corrected chi connectivity index (χ0v) is 18.5. The summed E-state index contributed by atoms with van der Waals surface area (Å²) >= 11 is 0. The Labute approximate surface area is 192 Å². The van der Waals surface area contributed by atoms with Gasteiger partial charge in [-0.05, 0) is 31.0 Å². The van der Waals surface area contributed by atoms with Crippen LogP contribution in [0.4, 0.5) is 4.79 Å². The SMILES string of the molecule is Cc1ccccc1CNC(=O)NC1N=C(c2ccccc2)c2ccccc2-n2c(C)nnc21. The van der Waals surface area contributed by atoms with Crippen molar-refractivity contribution in [2.45, 2.75) is 26.6 Å². The van der Waals surface area contributed by atoms with Crippen molar-refractivity contribution in [2.24, 2.45) is 4.99 Å². The molecule has 4 aromatic rings. The summed E-state index contributed by atoms with van der Waals surface area (Å²) in [5.74, 6) is 1.30. The molecule has 0 saturated heterocycles. The van der Waals surface area contributed by atoms with Gasteiger partial charge in [0.25, 0.3) is 0 Å². The van der Waals surface area contributed by atoms with E-state index >= 15 is 0 Å². The lowest BCUT2D eigenvalue weighted by Crippen LogP contribution is -2.38. The molecule has 0 aliphatic carbocycles. The molecule has 0 bridgehead atoms. The highest BCUT2D eigenvalue weighted by molar-refractivity contribution is 6.15. The monoisotopic (exact) mass is 436 g/mol. The van der Waals surface area contributed by atoms with Crippen molar-refractivity contribution in [2.75, 3.05) is 0 Å². The standard InChI is InChI=1S/C26H24N6O/c1-17-10-6-7-13-20(17)16-27-26(33)29-24-25-31-30-18(2)32(25)22-15-9-8-14-21(22)23(28-24)19-11-4-3-5-12-19/h3-15,24H,16H2,1-2H3,(H2,27,29,33). The van der Waals surface area contributed by atoms with E-state index in [0.717, 1.165) is 39.5 Å². The second kappa shape index (κ2) is 8.70. The Morgan fingerprint density at radius 2 is 1.64 bits per heavy atom. The van der Waals surface area contributed by atoms with Crippen molar-refractivity contribution in [3.8, 4) is 5.69 Å². The summed E-state index contributed by atoms with van der Waals surface area (Å²) in [5, 5.41) is 14.6. The Hall–Kier alpha value is -4.26. The number of para-hydroxylation sites is 1. The topological polar surface area (TPSA) is 84.2 Å². The van der Waals surface area contributed by atoms with Gasteiger partial charge >= 0.3 is 6.03 Å². The predicted molar refractivity (Wildman–Crippen MR) is 127 cm³/mol. The zero-order chi connectivity index (χ0) is 22.8. The minimum Gasteiger partial charge on any atom is -0.334 e. The van der Waals surface area contributed by atoms with Gasteiger partial charge in [0.2, 0.25) is 0 Å². The fourth-order valence-electron chi connectivity index (χ4n) is 4.06. The van der Waals surface area contributed by atoms with Crippen molar-refractivity contribution < 1.29 is 4.79 Å². The maximum atomic E-state index is 12.9. The van der Waals surface area contributed by atoms with Crippen molar-refractivity contribution in [3.63, 3.8) is 0 Å². The van der Waals surface area contributed by atoms with Crippen LogP contribution in [-0.2, 0) is 6.54 Å². The molecule has 1 unspecified atom stereocenters. The molecule has 2 heterocycles. The molecule has 1 aromatic heterocycles.